The quantitative estimate of drug-likeness (QED) is 0.615. The number of nitrogens with one attached hydrogen (secondary N) is 1. The number of hydrogen-bond donors (Lipinski definition) is 2. The van der Waals surface area contributed by atoms with Crippen LogP contribution in [0.3, 0.4) is 0 Å². The summed E-state index contributed by atoms with van der Waals surface area (Å²) in [4.78, 5) is 4.52. The number of aliphatic hydroxyl groups is 1. The van der Waals surface area contributed by atoms with E-state index in [4.69, 9.17) is 0 Å². The van der Waals surface area contributed by atoms with Crippen LogP contribution in [0.1, 0.15) is 29.3 Å². The molecule has 2 N–H and O–H groups in total. The largest absolute Gasteiger partial charge is 0.374 e. The second-order valence-electron chi connectivity index (χ2n) is 4.67. The number of H-pyrrole nitrogens is 1. The third kappa shape index (κ3) is 2.67. The molecule has 2 aromatic rings. The lowest BCUT2D eigenvalue weighted by atomic mass is 10.1. The number of nitrogens with zero attached hydrogens (tertiary/aromatic N) is 3. The van der Waals surface area contributed by atoms with Gasteiger partial charge in [0.1, 0.15) is 5.82 Å². The maximum atomic E-state index is 10.1. The van der Waals surface area contributed by atoms with Crippen LogP contribution in [0.4, 0.5) is 5.82 Å². The number of anilines is 1. The molecule has 5 nitrogen and oxygen atoms in total. The van der Waals surface area contributed by atoms with Gasteiger partial charge in [-0.1, -0.05) is 17.9 Å². The Morgan fingerprint density at radius 3 is 3.15 bits per heavy atom. The van der Waals surface area contributed by atoms with E-state index in [0.29, 0.717) is 5.69 Å². The average molecular weight is 286 g/mol. The minimum atomic E-state index is -0.893. The van der Waals surface area contributed by atoms with Gasteiger partial charge in [0, 0.05) is 12.7 Å². The summed E-state index contributed by atoms with van der Waals surface area (Å²) in [6.07, 6.45) is 4.56. The van der Waals surface area contributed by atoms with Gasteiger partial charge in [0.2, 0.25) is 0 Å². The fraction of sp³-hybridized carbons (Fsp3) is 0.286. The Morgan fingerprint density at radius 1 is 1.45 bits per heavy atom. The molecule has 0 spiro atoms. The summed E-state index contributed by atoms with van der Waals surface area (Å²) < 4.78 is 2.04. The maximum absolute atomic E-state index is 10.1. The van der Waals surface area contributed by atoms with Gasteiger partial charge in [-0.05, 0) is 33.9 Å². The Labute approximate surface area is 119 Å². The maximum Gasteiger partial charge on any atom is 0.157 e. The van der Waals surface area contributed by atoms with Crippen molar-refractivity contribution in [1.29, 1.82) is 0 Å². The second-order valence-corrected chi connectivity index (χ2v) is 5.30. The molecular formula is C14H15N4OP. The van der Waals surface area contributed by atoms with Gasteiger partial charge in [-0.3, -0.25) is 5.10 Å². The van der Waals surface area contributed by atoms with Gasteiger partial charge in [-0.15, -0.1) is 0 Å². The summed E-state index contributed by atoms with van der Waals surface area (Å²) in [5, 5.41) is 16.6. The van der Waals surface area contributed by atoms with E-state index in [1.54, 1.807) is 12.4 Å². The molecule has 3 rings (SSSR count). The van der Waals surface area contributed by atoms with Crippen LogP contribution in [-0.2, 0) is 6.42 Å². The molecule has 6 heteroatoms. The highest BCUT2D eigenvalue weighted by atomic mass is 31.0. The van der Waals surface area contributed by atoms with Crippen LogP contribution in [-0.4, -0.2) is 26.8 Å². The second kappa shape index (κ2) is 5.62. The van der Waals surface area contributed by atoms with E-state index < -0.39 is 6.10 Å². The molecular weight excluding hydrogens is 271 g/mol. The van der Waals surface area contributed by atoms with Crippen LogP contribution < -0.4 is 4.67 Å². The molecule has 2 unspecified atom stereocenters. The van der Waals surface area contributed by atoms with E-state index in [-0.39, 0.29) is 0 Å². The third-order valence-corrected chi connectivity index (χ3v) is 3.73. The Kier molecular flexibility index (Phi) is 3.68. The van der Waals surface area contributed by atoms with Crippen LogP contribution in [0.5, 0.6) is 0 Å². The van der Waals surface area contributed by atoms with E-state index in [0.717, 1.165) is 30.8 Å². The number of hydrogen-bond acceptors (Lipinski definition) is 4. The average Bonchev–Trinajstić information content (AvgIpc) is 2.98. The molecule has 1 aliphatic rings. The molecule has 0 saturated heterocycles. The van der Waals surface area contributed by atoms with E-state index in [9.17, 15) is 5.11 Å². The third-order valence-electron chi connectivity index (χ3n) is 3.23. The molecule has 1 aliphatic heterocycles. The topological polar surface area (TPSA) is 65.0 Å². The summed E-state index contributed by atoms with van der Waals surface area (Å²) >= 11 is 0. The van der Waals surface area contributed by atoms with Crippen molar-refractivity contribution in [2.24, 2.45) is 0 Å². The molecule has 0 amide bonds. The van der Waals surface area contributed by atoms with E-state index >= 15 is 0 Å². The summed E-state index contributed by atoms with van der Waals surface area (Å²) in [5.74, 6) is 6.56. The van der Waals surface area contributed by atoms with Crippen molar-refractivity contribution in [2.45, 2.75) is 18.9 Å². The monoisotopic (exact) mass is 286 g/mol. The molecule has 3 heterocycles. The highest BCUT2D eigenvalue weighted by Gasteiger charge is 2.17. The number of aromatic nitrogens is 3. The van der Waals surface area contributed by atoms with Gasteiger partial charge in [0.15, 0.2) is 6.10 Å². The Balaban J connectivity index is 1.85. The normalized spacial score (nSPS) is 15.2. The predicted octanol–water partition coefficient (Wildman–Crippen LogP) is 1.43. The molecule has 2 atom stereocenters. The zero-order valence-corrected chi connectivity index (χ0v) is 12.0. The number of aryl methyl sites for hydroxylation is 1. The van der Waals surface area contributed by atoms with Crippen LogP contribution in [0.25, 0.3) is 0 Å². The molecule has 0 saturated carbocycles. The molecule has 0 fully saturated rings. The smallest absolute Gasteiger partial charge is 0.157 e. The van der Waals surface area contributed by atoms with Crippen LogP contribution in [0.15, 0.2) is 24.5 Å². The molecule has 0 aromatic carbocycles. The fourth-order valence-electron chi connectivity index (χ4n) is 2.18. The minimum absolute atomic E-state index is 0.578. The van der Waals surface area contributed by atoms with Crippen LogP contribution >= 0.6 is 9.39 Å². The zero-order valence-electron chi connectivity index (χ0n) is 10.9. The van der Waals surface area contributed by atoms with Crippen molar-refractivity contribution in [3.05, 3.63) is 41.3 Å². The molecule has 0 radical (unpaired) electrons. The Bertz CT molecular complexity index is 660. The van der Waals surface area contributed by atoms with Gasteiger partial charge in [-0.25, -0.2) is 4.98 Å². The van der Waals surface area contributed by atoms with Gasteiger partial charge >= 0.3 is 0 Å². The summed E-state index contributed by atoms with van der Waals surface area (Å²) in [6.45, 7) is 0.963. The summed E-state index contributed by atoms with van der Waals surface area (Å²) in [6, 6.07) is 3.87. The summed E-state index contributed by atoms with van der Waals surface area (Å²) in [7, 11) is 2.67. The standard InChI is InChI=1S/C14H15N4OP/c19-13(6-3-10-8-15-16-9-10)12-5-4-11-2-1-7-18(20)14(11)17-12/h4-5,8-9,13,19H,1-2,7,20H2,(H,15,16). The van der Waals surface area contributed by atoms with Gasteiger partial charge in [0.05, 0.1) is 17.5 Å². The molecule has 2 aromatic heterocycles. The van der Waals surface area contributed by atoms with Crippen molar-refractivity contribution in [2.75, 3.05) is 11.2 Å². The Hall–Kier alpha value is -1.89. The first-order valence-electron chi connectivity index (χ1n) is 6.44. The van der Waals surface area contributed by atoms with Crippen molar-refractivity contribution in [3.63, 3.8) is 0 Å². The minimum Gasteiger partial charge on any atom is -0.374 e. The SMILES string of the molecule is OC(C#Cc1cn[nH]c1)c1ccc2c(n1)N(P)CCC2. The molecule has 0 bridgehead atoms. The molecule has 0 aliphatic carbocycles. The number of pyridine rings is 1. The predicted molar refractivity (Wildman–Crippen MR) is 80.0 cm³/mol. The van der Waals surface area contributed by atoms with Crippen molar-refractivity contribution in [3.8, 4) is 11.8 Å². The first-order chi connectivity index (χ1) is 9.74. The molecule has 102 valence electrons. The van der Waals surface area contributed by atoms with E-state index in [1.807, 2.05) is 16.8 Å². The highest BCUT2D eigenvalue weighted by Crippen LogP contribution is 2.28. The van der Waals surface area contributed by atoms with E-state index in [2.05, 4.69) is 36.4 Å². The number of aromatic amines is 1. The summed E-state index contributed by atoms with van der Waals surface area (Å²) in [5.41, 5.74) is 2.54. The van der Waals surface area contributed by atoms with Gasteiger partial charge in [0.25, 0.3) is 0 Å². The molecule has 20 heavy (non-hydrogen) atoms. The van der Waals surface area contributed by atoms with Crippen molar-refractivity contribution < 1.29 is 5.11 Å². The van der Waals surface area contributed by atoms with E-state index in [1.165, 1.54) is 5.56 Å². The number of rotatable bonds is 1. The lowest BCUT2D eigenvalue weighted by Crippen LogP contribution is -2.21. The number of fused-ring (bicyclic) bond motifs is 1. The van der Waals surface area contributed by atoms with Crippen molar-refractivity contribution in [1.82, 2.24) is 15.2 Å². The fourth-order valence-corrected chi connectivity index (χ4v) is 2.58. The van der Waals surface area contributed by atoms with Crippen molar-refractivity contribution >= 4 is 15.2 Å². The first kappa shape index (κ1) is 13.1. The first-order valence-corrected chi connectivity index (χ1v) is 6.96. The lowest BCUT2D eigenvalue weighted by Gasteiger charge is -2.26. The lowest BCUT2D eigenvalue weighted by molar-refractivity contribution is 0.233. The van der Waals surface area contributed by atoms with Gasteiger partial charge < -0.3 is 9.78 Å². The van der Waals surface area contributed by atoms with Crippen LogP contribution in [0.2, 0.25) is 0 Å². The Morgan fingerprint density at radius 2 is 2.35 bits per heavy atom. The zero-order chi connectivity index (χ0) is 13.9. The van der Waals surface area contributed by atoms with Crippen LogP contribution in [0, 0.1) is 11.8 Å². The number of aliphatic hydroxyl groups excluding tert-OH is 1. The highest BCUT2D eigenvalue weighted by molar-refractivity contribution is 7.19. The van der Waals surface area contributed by atoms with Gasteiger partial charge in [-0.2, -0.15) is 5.10 Å².